The molecule has 0 aromatic carbocycles. The number of nitrogens with one attached hydrogen (secondary N) is 1. The number of rotatable bonds is 6. The number of aliphatic carboxylic acids is 1. The summed E-state index contributed by atoms with van der Waals surface area (Å²) in [5, 5.41) is 11.7. The van der Waals surface area contributed by atoms with Gasteiger partial charge in [0.05, 0.1) is 0 Å². The van der Waals surface area contributed by atoms with Crippen LogP contribution >= 0.6 is 0 Å². The van der Waals surface area contributed by atoms with Gasteiger partial charge in [-0.05, 0) is 23.7 Å². The zero-order valence-electron chi connectivity index (χ0n) is 11.8. The number of carbonyl (C=O) groups excluding carboxylic acids is 1. The standard InChI is InChI=1S/C14H25NO3/c1-9(14(2,3)4)7-12(16)15-11(13(17)18)8-10-5-6-10/h9-11H,5-8H2,1-4H3,(H,15,16)(H,17,18)/t9?,11-/m0/s1. The number of carboxylic acids is 1. The zero-order chi connectivity index (χ0) is 13.9. The van der Waals surface area contributed by atoms with Crippen molar-refractivity contribution in [3.63, 3.8) is 0 Å². The Morgan fingerprint density at radius 2 is 1.89 bits per heavy atom. The molecule has 1 saturated carbocycles. The third kappa shape index (κ3) is 5.07. The van der Waals surface area contributed by atoms with Crippen LogP contribution in [0.2, 0.25) is 0 Å². The van der Waals surface area contributed by atoms with Crippen molar-refractivity contribution < 1.29 is 14.7 Å². The maximum absolute atomic E-state index is 11.8. The van der Waals surface area contributed by atoms with Gasteiger partial charge in [-0.15, -0.1) is 0 Å². The average Bonchev–Trinajstić information content (AvgIpc) is 2.98. The van der Waals surface area contributed by atoms with E-state index in [0.717, 1.165) is 12.8 Å². The average molecular weight is 255 g/mol. The van der Waals surface area contributed by atoms with Crippen molar-refractivity contribution in [2.45, 2.75) is 59.4 Å². The molecule has 1 aliphatic rings. The van der Waals surface area contributed by atoms with Crippen LogP contribution in [-0.2, 0) is 9.59 Å². The van der Waals surface area contributed by atoms with Crippen molar-refractivity contribution in [2.75, 3.05) is 0 Å². The molecule has 18 heavy (non-hydrogen) atoms. The van der Waals surface area contributed by atoms with Crippen molar-refractivity contribution in [1.29, 1.82) is 0 Å². The van der Waals surface area contributed by atoms with E-state index in [1.165, 1.54) is 0 Å². The number of carboxylic acid groups (broad SMARTS) is 1. The Balaban J connectivity index is 2.43. The second-order valence-electron chi connectivity index (χ2n) is 6.61. The van der Waals surface area contributed by atoms with Crippen LogP contribution in [-0.4, -0.2) is 23.0 Å². The largest absolute Gasteiger partial charge is 0.480 e. The second kappa shape index (κ2) is 5.72. The number of carbonyl (C=O) groups is 2. The van der Waals surface area contributed by atoms with Gasteiger partial charge in [-0.1, -0.05) is 40.5 Å². The van der Waals surface area contributed by atoms with Gasteiger partial charge in [0.1, 0.15) is 6.04 Å². The molecule has 0 aliphatic heterocycles. The number of amides is 1. The fourth-order valence-electron chi connectivity index (χ4n) is 1.75. The highest BCUT2D eigenvalue weighted by Crippen LogP contribution is 2.33. The van der Waals surface area contributed by atoms with Gasteiger partial charge < -0.3 is 10.4 Å². The molecule has 0 aromatic heterocycles. The lowest BCUT2D eigenvalue weighted by atomic mass is 9.80. The molecule has 0 bridgehead atoms. The van der Waals surface area contributed by atoms with Gasteiger partial charge in [-0.25, -0.2) is 4.79 Å². The van der Waals surface area contributed by atoms with Crippen molar-refractivity contribution in [3.8, 4) is 0 Å². The van der Waals surface area contributed by atoms with Crippen molar-refractivity contribution in [3.05, 3.63) is 0 Å². The van der Waals surface area contributed by atoms with Crippen molar-refractivity contribution in [1.82, 2.24) is 5.32 Å². The van der Waals surface area contributed by atoms with Gasteiger partial charge >= 0.3 is 5.97 Å². The summed E-state index contributed by atoms with van der Waals surface area (Å²) in [6, 6.07) is -0.711. The summed E-state index contributed by atoms with van der Waals surface area (Å²) >= 11 is 0. The summed E-state index contributed by atoms with van der Waals surface area (Å²) in [5.74, 6) is -0.344. The highest BCUT2D eigenvalue weighted by Gasteiger charge is 2.31. The first-order chi connectivity index (χ1) is 8.20. The molecule has 0 radical (unpaired) electrons. The van der Waals surface area contributed by atoms with Crippen LogP contribution in [0.15, 0.2) is 0 Å². The SMILES string of the molecule is CC(CC(=O)N[C@@H](CC1CC1)C(=O)O)C(C)(C)C. The van der Waals surface area contributed by atoms with E-state index in [1.54, 1.807) is 0 Å². The fraction of sp³-hybridized carbons (Fsp3) is 0.857. The van der Waals surface area contributed by atoms with Gasteiger partial charge in [-0.3, -0.25) is 4.79 Å². The molecule has 1 amide bonds. The van der Waals surface area contributed by atoms with Crippen LogP contribution < -0.4 is 5.32 Å². The first-order valence-electron chi connectivity index (χ1n) is 6.72. The molecule has 1 rings (SSSR count). The van der Waals surface area contributed by atoms with Crippen LogP contribution in [0.3, 0.4) is 0 Å². The maximum Gasteiger partial charge on any atom is 0.326 e. The molecule has 1 unspecified atom stereocenters. The predicted octanol–water partition coefficient (Wildman–Crippen LogP) is 2.43. The minimum absolute atomic E-state index is 0.0621. The van der Waals surface area contributed by atoms with E-state index in [1.807, 2.05) is 6.92 Å². The molecule has 2 atom stereocenters. The van der Waals surface area contributed by atoms with Gasteiger partial charge in [0.25, 0.3) is 0 Å². The van der Waals surface area contributed by atoms with Gasteiger partial charge in [-0.2, -0.15) is 0 Å². The van der Waals surface area contributed by atoms with E-state index >= 15 is 0 Å². The molecule has 1 fully saturated rings. The lowest BCUT2D eigenvalue weighted by Gasteiger charge is -2.27. The third-order valence-electron chi connectivity index (χ3n) is 3.87. The summed E-state index contributed by atoms with van der Waals surface area (Å²) in [6.45, 7) is 8.29. The first kappa shape index (κ1) is 15.0. The lowest BCUT2D eigenvalue weighted by molar-refractivity contribution is -0.142. The van der Waals surface area contributed by atoms with E-state index in [4.69, 9.17) is 5.11 Å². The molecule has 4 nitrogen and oxygen atoms in total. The van der Waals surface area contributed by atoms with Crippen LogP contribution in [0, 0.1) is 17.3 Å². The molecule has 0 aromatic rings. The Morgan fingerprint density at radius 1 is 1.33 bits per heavy atom. The molecule has 1 aliphatic carbocycles. The molecule has 2 N–H and O–H groups in total. The van der Waals surface area contributed by atoms with Crippen LogP contribution in [0.25, 0.3) is 0 Å². The van der Waals surface area contributed by atoms with E-state index in [9.17, 15) is 9.59 Å². The molecule has 0 saturated heterocycles. The van der Waals surface area contributed by atoms with Crippen molar-refractivity contribution in [2.24, 2.45) is 17.3 Å². The van der Waals surface area contributed by atoms with Gasteiger partial charge in [0.2, 0.25) is 5.91 Å². The fourth-order valence-corrected chi connectivity index (χ4v) is 1.75. The summed E-state index contributed by atoms with van der Waals surface area (Å²) in [7, 11) is 0. The summed E-state index contributed by atoms with van der Waals surface area (Å²) in [5.41, 5.74) is 0.0621. The highest BCUT2D eigenvalue weighted by molar-refractivity contribution is 5.83. The van der Waals surface area contributed by atoms with Crippen molar-refractivity contribution >= 4 is 11.9 Å². The summed E-state index contributed by atoms with van der Waals surface area (Å²) in [4.78, 5) is 22.9. The quantitative estimate of drug-likeness (QED) is 0.766. The second-order valence-corrected chi connectivity index (χ2v) is 6.61. The number of hydrogen-bond acceptors (Lipinski definition) is 2. The molecule has 0 heterocycles. The minimum atomic E-state index is -0.918. The van der Waals surface area contributed by atoms with E-state index in [-0.39, 0.29) is 17.2 Å². The maximum atomic E-state index is 11.8. The Kier molecular flexibility index (Phi) is 4.77. The first-order valence-corrected chi connectivity index (χ1v) is 6.72. The van der Waals surface area contributed by atoms with Gasteiger partial charge in [0.15, 0.2) is 0 Å². The molecule has 4 heteroatoms. The van der Waals surface area contributed by atoms with Crippen LogP contribution in [0.1, 0.15) is 53.4 Å². The predicted molar refractivity (Wildman–Crippen MR) is 70.1 cm³/mol. The number of hydrogen-bond donors (Lipinski definition) is 2. The van der Waals surface area contributed by atoms with E-state index in [2.05, 4.69) is 26.1 Å². The third-order valence-corrected chi connectivity index (χ3v) is 3.87. The molecule has 104 valence electrons. The molecule has 0 spiro atoms. The van der Waals surface area contributed by atoms with Crippen LogP contribution in [0.5, 0.6) is 0 Å². The minimum Gasteiger partial charge on any atom is -0.480 e. The van der Waals surface area contributed by atoms with Crippen LogP contribution in [0.4, 0.5) is 0 Å². The topological polar surface area (TPSA) is 66.4 Å². The Hall–Kier alpha value is -1.06. The monoisotopic (exact) mass is 255 g/mol. The summed E-state index contributed by atoms with van der Waals surface area (Å²) in [6.07, 6.45) is 3.15. The van der Waals surface area contributed by atoms with Gasteiger partial charge in [0, 0.05) is 6.42 Å². The Bertz CT molecular complexity index is 315. The molecular weight excluding hydrogens is 230 g/mol. The Labute approximate surface area is 109 Å². The summed E-state index contributed by atoms with van der Waals surface area (Å²) < 4.78 is 0. The van der Waals surface area contributed by atoms with E-state index < -0.39 is 12.0 Å². The lowest BCUT2D eigenvalue weighted by Crippen LogP contribution is -2.42. The zero-order valence-corrected chi connectivity index (χ0v) is 11.8. The normalized spacial score (nSPS) is 19.1. The Morgan fingerprint density at radius 3 is 2.28 bits per heavy atom. The smallest absolute Gasteiger partial charge is 0.326 e. The highest BCUT2D eigenvalue weighted by atomic mass is 16.4. The molecular formula is C14H25NO3. The van der Waals surface area contributed by atoms with E-state index in [0.29, 0.717) is 18.8 Å².